The molecule has 0 bridgehead atoms. The third kappa shape index (κ3) is 3.26. The Labute approximate surface area is 123 Å². The molecule has 0 aliphatic carbocycles. The van der Waals surface area contributed by atoms with E-state index in [1.807, 2.05) is 26.0 Å². The first-order valence-corrected chi connectivity index (χ1v) is 6.81. The minimum atomic E-state index is -0.645. The Morgan fingerprint density at radius 3 is 2.15 bits per heavy atom. The number of benzene rings is 2. The van der Waals surface area contributed by atoms with Crippen molar-refractivity contribution in [2.24, 2.45) is 0 Å². The molecule has 2 aromatic carbocycles. The van der Waals surface area contributed by atoms with Crippen LogP contribution in [0.3, 0.4) is 0 Å². The average Bonchev–Trinajstić information content (AvgIpc) is 2.42. The molecule has 0 heterocycles. The molecule has 1 nitrogen and oxygen atoms in total. The number of carbonyl (C=O) groups is 1. The van der Waals surface area contributed by atoms with E-state index in [9.17, 15) is 9.18 Å². The van der Waals surface area contributed by atoms with Crippen LogP contribution in [0.1, 0.15) is 25.0 Å². The minimum Gasteiger partial charge on any atom is -0.298 e. The Kier molecular flexibility index (Phi) is 4.24. The second-order valence-electron chi connectivity index (χ2n) is 5.36. The van der Waals surface area contributed by atoms with E-state index in [4.69, 9.17) is 11.6 Å². The molecular formula is C17H16ClFO. The lowest BCUT2D eigenvalue weighted by Crippen LogP contribution is -2.30. The third-order valence-corrected chi connectivity index (χ3v) is 3.79. The SMILES string of the molecule is CC(C)(C(=O)Cc1ccc(Cl)cc1)c1ccc(F)cc1. The molecule has 2 aromatic rings. The van der Waals surface area contributed by atoms with Gasteiger partial charge in [-0.1, -0.05) is 35.9 Å². The van der Waals surface area contributed by atoms with E-state index >= 15 is 0 Å². The Morgan fingerprint density at radius 2 is 1.60 bits per heavy atom. The van der Waals surface area contributed by atoms with Gasteiger partial charge in [0.15, 0.2) is 0 Å². The third-order valence-electron chi connectivity index (χ3n) is 3.54. The van der Waals surface area contributed by atoms with Crippen LogP contribution in [0.25, 0.3) is 0 Å². The van der Waals surface area contributed by atoms with Gasteiger partial charge < -0.3 is 0 Å². The highest BCUT2D eigenvalue weighted by atomic mass is 35.5. The second kappa shape index (κ2) is 5.76. The zero-order chi connectivity index (χ0) is 14.8. The van der Waals surface area contributed by atoms with Gasteiger partial charge in [-0.15, -0.1) is 0 Å². The lowest BCUT2D eigenvalue weighted by molar-refractivity contribution is -0.122. The van der Waals surface area contributed by atoms with Gasteiger partial charge in [-0.2, -0.15) is 0 Å². The molecule has 0 aliphatic rings. The fourth-order valence-corrected chi connectivity index (χ4v) is 2.16. The van der Waals surface area contributed by atoms with E-state index in [1.54, 1.807) is 24.3 Å². The Bertz CT molecular complexity index is 600. The Balaban J connectivity index is 2.18. The van der Waals surface area contributed by atoms with Crippen LogP contribution < -0.4 is 0 Å². The zero-order valence-corrected chi connectivity index (χ0v) is 12.2. The summed E-state index contributed by atoms with van der Waals surface area (Å²) in [6.07, 6.45) is 0.335. The predicted octanol–water partition coefficient (Wildman–Crippen LogP) is 4.57. The minimum absolute atomic E-state index is 0.0893. The number of hydrogen-bond acceptors (Lipinski definition) is 1. The van der Waals surface area contributed by atoms with Crippen LogP contribution in [0.15, 0.2) is 48.5 Å². The van der Waals surface area contributed by atoms with Gasteiger partial charge in [0, 0.05) is 16.9 Å². The highest BCUT2D eigenvalue weighted by Gasteiger charge is 2.29. The van der Waals surface area contributed by atoms with E-state index in [1.165, 1.54) is 12.1 Å². The molecule has 0 aliphatic heterocycles. The number of rotatable bonds is 4. The van der Waals surface area contributed by atoms with Crippen LogP contribution in [0.5, 0.6) is 0 Å². The molecule has 0 atom stereocenters. The van der Waals surface area contributed by atoms with Gasteiger partial charge in [0.25, 0.3) is 0 Å². The smallest absolute Gasteiger partial charge is 0.147 e. The standard InChI is InChI=1S/C17H16ClFO/c1-17(2,13-5-9-15(19)10-6-13)16(20)11-12-3-7-14(18)8-4-12/h3-10H,11H2,1-2H3. The van der Waals surface area contributed by atoms with Gasteiger partial charge in [0.05, 0.1) is 0 Å². The molecule has 0 unspecified atom stereocenters. The quantitative estimate of drug-likeness (QED) is 0.806. The van der Waals surface area contributed by atoms with E-state index in [2.05, 4.69) is 0 Å². The van der Waals surface area contributed by atoms with Crippen LogP contribution >= 0.6 is 11.6 Å². The normalized spacial score (nSPS) is 11.4. The summed E-state index contributed by atoms with van der Waals surface area (Å²) in [7, 11) is 0. The number of carbonyl (C=O) groups excluding carboxylic acids is 1. The van der Waals surface area contributed by atoms with Crippen molar-refractivity contribution in [3.8, 4) is 0 Å². The highest BCUT2D eigenvalue weighted by molar-refractivity contribution is 6.30. The molecule has 0 amide bonds. The summed E-state index contributed by atoms with van der Waals surface area (Å²) in [5.74, 6) is -0.207. The van der Waals surface area contributed by atoms with Gasteiger partial charge in [0.2, 0.25) is 0 Å². The predicted molar refractivity (Wildman–Crippen MR) is 79.6 cm³/mol. The molecule has 104 valence electrons. The first kappa shape index (κ1) is 14.7. The fourth-order valence-electron chi connectivity index (χ4n) is 2.04. The Hall–Kier alpha value is -1.67. The summed E-state index contributed by atoms with van der Waals surface area (Å²) >= 11 is 5.83. The maximum absolute atomic E-state index is 13.0. The lowest BCUT2D eigenvalue weighted by Gasteiger charge is -2.23. The summed E-state index contributed by atoms with van der Waals surface area (Å²) in [6.45, 7) is 3.72. The lowest BCUT2D eigenvalue weighted by atomic mass is 9.78. The van der Waals surface area contributed by atoms with Gasteiger partial charge in [-0.25, -0.2) is 4.39 Å². The molecule has 0 saturated heterocycles. The second-order valence-corrected chi connectivity index (χ2v) is 5.79. The highest BCUT2D eigenvalue weighted by Crippen LogP contribution is 2.26. The van der Waals surface area contributed by atoms with Crippen molar-refractivity contribution < 1.29 is 9.18 Å². The van der Waals surface area contributed by atoms with Crippen LogP contribution in [0, 0.1) is 5.82 Å². The van der Waals surface area contributed by atoms with Crippen molar-refractivity contribution in [1.29, 1.82) is 0 Å². The van der Waals surface area contributed by atoms with E-state index in [0.717, 1.165) is 11.1 Å². The summed E-state index contributed by atoms with van der Waals surface area (Å²) in [6, 6.07) is 13.3. The van der Waals surface area contributed by atoms with Crippen LogP contribution in [-0.4, -0.2) is 5.78 Å². The molecule has 0 aromatic heterocycles. The number of Topliss-reactive ketones (excluding diaryl/α,β-unsaturated/α-hetero) is 1. The van der Waals surface area contributed by atoms with Crippen molar-refractivity contribution >= 4 is 17.4 Å². The largest absolute Gasteiger partial charge is 0.298 e. The van der Waals surface area contributed by atoms with E-state index in [-0.39, 0.29) is 11.6 Å². The number of halogens is 2. The average molecular weight is 291 g/mol. The van der Waals surface area contributed by atoms with Crippen molar-refractivity contribution in [3.63, 3.8) is 0 Å². The van der Waals surface area contributed by atoms with Crippen molar-refractivity contribution in [1.82, 2.24) is 0 Å². The molecule has 3 heteroatoms. The molecule has 0 spiro atoms. The van der Waals surface area contributed by atoms with Crippen LogP contribution in [0.4, 0.5) is 4.39 Å². The maximum atomic E-state index is 13.0. The molecule has 0 fully saturated rings. The first-order chi connectivity index (χ1) is 9.39. The van der Waals surface area contributed by atoms with Gasteiger partial charge >= 0.3 is 0 Å². The molecule has 2 rings (SSSR count). The van der Waals surface area contributed by atoms with Gasteiger partial charge in [0.1, 0.15) is 11.6 Å². The topological polar surface area (TPSA) is 17.1 Å². The summed E-state index contributed by atoms with van der Waals surface area (Å²) in [5, 5.41) is 0.652. The Morgan fingerprint density at radius 1 is 1.05 bits per heavy atom. The van der Waals surface area contributed by atoms with Crippen molar-refractivity contribution in [2.45, 2.75) is 25.7 Å². The number of ketones is 1. The summed E-state index contributed by atoms with van der Waals surface area (Å²) < 4.78 is 13.0. The summed E-state index contributed by atoms with van der Waals surface area (Å²) in [4.78, 5) is 12.5. The molecule has 0 N–H and O–H groups in total. The van der Waals surface area contributed by atoms with Crippen molar-refractivity contribution in [3.05, 3.63) is 70.5 Å². The molecule has 0 saturated carbocycles. The van der Waals surface area contributed by atoms with E-state index in [0.29, 0.717) is 11.4 Å². The van der Waals surface area contributed by atoms with Gasteiger partial charge in [-0.3, -0.25) is 4.79 Å². The summed E-state index contributed by atoms with van der Waals surface area (Å²) in [5.41, 5.74) is 1.10. The number of hydrogen-bond donors (Lipinski definition) is 0. The fraction of sp³-hybridized carbons (Fsp3) is 0.235. The van der Waals surface area contributed by atoms with Crippen LogP contribution in [-0.2, 0) is 16.6 Å². The molecule has 0 radical (unpaired) electrons. The monoisotopic (exact) mass is 290 g/mol. The van der Waals surface area contributed by atoms with E-state index < -0.39 is 5.41 Å². The first-order valence-electron chi connectivity index (χ1n) is 6.43. The molecular weight excluding hydrogens is 275 g/mol. The molecule has 20 heavy (non-hydrogen) atoms. The van der Waals surface area contributed by atoms with Gasteiger partial charge in [-0.05, 0) is 49.2 Å². The van der Waals surface area contributed by atoms with Crippen molar-refractivity contribution in [2.75, 3.05) is 0 Å². The maximum Gasteiger partial charge on any atom is 0.147 e. The zero-order valence-electron chi connectivity index (χ0n) is 11.5. The van der Waals surface area contributed by atoms with Crippen LogP contribution in [0.2, 0.25) is 5.02 Å².